The van der Waals surface area contributed by atoms with E-state index in [4.69, 9.17) is 0 Å². The molecule has 1 amide bonds. The number of aromatic amines is 1. The predicted octanol–water partition coefficient (Wildman–Crippen LogP) is 1.06. The Balaban J connectivity index is 1.46. The molecule has 0 fully saturated rings. The molecule has 0 atom stereocenters. The van der Waals surface area contributed by atoms with Gasteiger partial charge < -0.3 is 5.32 Å². The first-order valence-electron chi connectivity index (χ1n) is 7.85. The number of carbonyl (C=O) groups excluding carboxylic acids is 1. The molecular weight excluding hydrogens is 348 g/mol. The Morgan fingerprint density at radius 1 is 1.00 bits per heavy atom. The minimum atomic E-state index is -0.387. The number of carbonyl (C=O) groups is 1. The highest BCUT2D eigenvalue weighted by Gasteiger charge is 2.10. The summed E-state index contributed by atoms with van der Waals surface area (Å²) in [4.78, 5) is 27.2. The van der Waals surface area contributed by atoms with Crippen LogP contribution in [0.4, 0.5) is 5.69 Å². The van der Waals surface area contributed by atoms with Gasteiger partial charge in [0, 0.05) is 17.3 Å². The number of nitrogens with one attached hydrogen (secondary N) is 2. The third-order valence-electron chi connectivity index (χ3n) is 3.65. The number of hydrogen-bond acceptors (Lipinski definition) is 7. The summed E-state index contributed by atoms with van der Waals surface area (Å²) >= 11 is 0. The molecule has 0 saturated carbocycles. The van der Waals surface area contributed by atoms with Gasteiger partial charge in [-0.3, -0.25) is 9.59 Å². The number of benzene rings is 1. The first-order valence-corrected chi connectivity index (χ1v) is 7.85. The van der Waals surface area contributed by atoms with Gasteiger partial charge in [-0.05, 0) is 30.3 Å². The molecule has 3 heterocycles. The van der Waals surface area contributed by atoms with Crippen LogP contribution in [0.2, 0.25) is 0 Å². The Bertz CT molecular complexity index is 1100. The van der Waals surface area contributed by atoms with E-state index in [1.165, 1.54) is 23.4 Å². The Hall–Kier alpha value is -4.21. The van der Waals surface area contributed by atoms with Crippen molar-refractivity contribution >= 4 is 11.6 Å². The zero-order valence-corrected chi connectivity index (χ0v) is 13.8. The molecule has 0 aliphatic rings. The second-order valence-corrected chi connectivity index (χ2v) is 5.45. The monoisotopic (exact) mass is 360 g/mol. The van der Waals surface area contributed by atoms with E-state index in [0.29, 0.717) is 17.2 Å². The van der Waals surface area contributed by atoms with Crippen LogP contribution < -0.4 is 10.9 Å². The topological polar surface area (TPSA) is 131 Å². The molecular formula is C17H12N8O2. The average Bonchev–Trinajstić information content (AvgIpc) is 3.24. The van der Waals surface area contributed by atoms with Crippen molar-refractivity contribution in [3.8, 4) is 17.1 Å². The molecule has 10 nitrogen and oxygen atoms in total. The highest BCUT2D eigenvalue weighted by Crippen LogP contribution is 2.18. The molecule has 2 N–H and O–H groups in total. The van der Waals surface area contributed by atoms with Crippen LogP contribution in [-0.2, 0) is 0 Å². The molecule has 3 aromatic heterocycles. The van der Waals surface area contributed by atoms with Crippen molar-refractivity contribution in [1.29, 1.82) is 0 Å². The summed E-state index contributed by atoms with van der Waals surface area (Å²) in [5, 5.41) is 20.9. The zero-order valence-electron chi connectivity index (χ0n) is 13.8. The molecule has 0 spiro atoms. The fourth-order valence-corrected chi connectivity index (χ4v) is 2.32. The normalized spacial score (nSPS) is 10.5. The molecule has 27 heavy (non-hydrogen) atoms. The van der Waals surface area contributed by atoms with Crippen LogP contribution in [0.1, 0.15) is 10.5 Å². The molecule has 4 rings (SSSR count). The number of anilines is 1. The first kappa shape index (κ1) is 16.3. The lowest BCUT2D eigenvalue weighted by Gasteiger charge is -2.06. The Morgan fingerprint density at radius 3 is 2.48 bits per heavy atom. The van der Waals surface area contributed by atoms with Gasteiger partial charge in [-0.15, -0.1) is 10.2 Å². The largest absolute Gasteiger partial charge is 0.321 e. The van der Waals surface area contributed by atoms with Gasteiger partial charge in [0.15, 0.2) is 11.5 Å². The third-order valence-corrected chi connectivity index (χ3v) is 3.65. The smallest absolute Gasteiger partial charge is 0.276 e. The standard InChI is InChI=1S/C17H12N8O2/c26-16-8-6-13(21-24-16)11-1-3-12(4-2-11)20-17(27)14-5-7-15(23-22-14)25-10-18-9-19-25/h1-10H,(H,20,27)(H,24,26). The number of amides is 1. The maximum atomic E-state index is 12.3. The lowest BCUT2D eigenvalue weighted by molar-refractivity contribution is 0.102. The quantitative estimate of drug-likeness (QED) is 0.556. The van der Waals surface area contributed by atoms with Crippen molar-refractivity contribution in [3.05, 3.63) is 77.2 Å². The van der Waals surface area contributed by atoms with Gasteiger partial charge in [0.05, 0.1) is 5.69 Å². The number of nitrogens with zero attached hydrogens (tertiary/aromatic N) is 6. The fourth-order valence-electron chi connectivity index (χ4n) is 2.32. The summed E-state index contributed by atoms with van der Waals surface area (Å²) in [5.74, 6) is 0.0735. The minimum Gasteiger partial charge on any atom is -0.321 e. The molecule has 0 bridgehead atoms. The van der Waals surface area contributed by atoms with Gasteiger partial charge in [-0.1, -0.05) is 12.1 Å². The van der Waals surface area contributed by atoms with E-state index in [-0.39, 0.29) is 17.2 Å². The lowest BCUT2D eigenvalue weighted by atomic mass is 10.1. The minimum absolute atomic E-state index is 0.172. The van der Waals surface area contributed by atoms with E-state index in [0.717, 1.165) is 5.56 Å². The first-order chi connectivity index (χ1) is 13.2. The van der Waals surface area contributed by atoms with Crippen LogP contribution >= 0.6 is 0 Å². The molecule has 10 heteroatoms. The second-order valence-electron chi connectivity index (χ2n) is 5.45. The zero-order chi connectivity index (χ0) is 18.6. The summed E-state index contributed by atoms with van der Waals surface area (Å²) in [6.07, 6.45) is 2.87. The maximum Gasteiger partial charge on any atom is 0.276 e. The van der Waals surface area contributed by atoms with Crippen LogP contribution in [0.5, 0.6) is 0 Å². The summed E-state index contributed by atoms with van der Waals surface area (Å²) in [5.41, 5.74) is 1.93. The van der Waals surface area contributed by atoms with Gasteiger partial charge in [0.25, 0.3) is 11.5 Å². The van der Waals surface area contributed by atoms with E-state index < -0.39 is 0 Å². The van der Waals surface area contributed by atoms with E-state index >= 15 is 0 Å². The predicted molar refractivity (Wildman–Crippen MR) is 95.2 cm³/mol. The highest BCUT2D eigenvalue weighted by atomic mass is 16.2. The third kappa shape index (κ3) is 3.58. The van der Waals surface area contributed by atoms with Crippen LogP contribution in [0.3, 0.4) is 0 Å². The maximum absolute atomic E-state index is 12.3. The van der Waals surface area contributed by atoms with Gasteiger partial charge >= 0.3 is 0 Å². The van der Waals surface area contributed by atoms with Crippen molar-refractivity contribution in [2.24, 2.45) is 0 Å². The summed E-state index contributed by atoms with van der Waals surface area (Å²) in [7, 11) is 0. The number of hydrogen-bond donors (Lipinski definition) is 2. The number of rotatable bonds is 4. The Labute approximate surface area is 151 Å². The summed E-state index contributed by atoms with van der Waals surface area (Å²) < 4.78 is 1.44. The van der Waals surface area contributed by atoms with Crippen LogP contribution in [0.25, 0.3) is 17.1 Å². The summed E-state index contributed by atoms with van der Waals surface area (Å²) in [6.45, 7) is 0. The molecule has 0 aliphatic carbocycles. The molecule has 1 aromatic carbocycles. The van der Waals surface area contributed by atoms with Crippen molar-refractivity contribution in [3.63, 3.8) is 0 Å². The van der Waals surface area contributed by atoms with Crippen molar-refractivity contribution < 1.29 is 4.79 Å². The molecule has 132 valence electrons. The van der Waals surface area contributed by atoms with Crippen LogP contribution in [-0.4, -0.2) is 41.1 Å². The molecule has 0 saturated heterocycles. The van der Waals surface area contributed by atoms with Crippen LogP contribution in [0, 0.1) is 0 Å². The molecule has 0 radical (unpaired) electrons. The Kier molecular flexibility index (Phi) is 4.19. The van der Waals surface area contributed by atoms with Gasteiger partial charge in [-0.25, -0.2) is 14.8 Å². The van der Waals surface area contributed by atoms with E-state index in [1.54, 1.807) is 42.5 Å². The van der Waals surface area contributed by atoms with Crippen LogP contribution in [0.15, 0.2) is 66.0 Å². The molecule has 0 aliphatic heterocycles. The highest BCUT2D eigenvalue weighted by molar-refractivity contribution is 6.02. The SMILES string of the molecule is O=C(Nc1ccc(-c2ccc(=O)[nH]n2)cc1)c1ccc(-n2cncn2)nn1. The Morgan fingerprint density at radius 2 is 1.85 bits per heavy atom. The van der Waals surface area contributed by atoms with E-state index in [1.807, 2.05) is 0 Å². The summed E-state index contributed by atoms with van der Waals surface area (Å²) in [6, 6.07) is 13.2. The number of aromatic nitrogens is 7. The average molecular weight is 360 g/mol. The van der Waals surface area contributed by atoms with E-state index in [9.17, 15) is 9.59 Å². The van der Waals surface area contributed by atoms with Crippen molar-refractivity contribution in [2.45, 2.75) is 0 Å². The van der Waals surface area contributed by atoms with Gasteiger partial charge in [0.1, 0.15) is 12.7 Å². The number of H-pyrrole nitrogens is 1. The van der Waals surface area contributed by atoms with E-state index in [2.05, 4.69) is 35.8 Å². The van der Waals surface area contributed by atoms with Gasteiger partial charge in [0.2, 0.25) is 0 Å². The fraction of sp³-hybridized carbons (Fsp3) is 0. The molecule has 4 aromatic rings. The lowest BCUT2D eigenvalue weighted by Crippen LogP contribution is -2.15. The second kappa shape index (κ2) is 6.96. The van der Waals surface area contributed by atoms with Gasteiger partial charge in [-0.2, -0.15) is 10.2 Å². The van der Waals surface area contributed by atoms with Crippen molar-refractivity contribution in [2.75, 3.05) is 5.32 Å². The molecule has 0 unspecified atom stereocenters. The van der Waals surface area contributed by atoms with Crippen molar-refractivity contribution in [1.82, 2.24) is 35.2 Å².